The Morgan fingerprint density at radius 2 is 2.00 bits per heavy atom. The van der Waals surface area contributed by atoms with E-state index in [1.165, 1.54) is 0 Å². The molecular formula is C20H17N3OS. The van der Waals surface area contributed by atoms with E-state index in [1.807, 2.05) is 43.3 Å². The third-order valence-corrected chi connectivity index (χ3v) is 4.95. The molecule has 1 aromatic carbocycles. The van der Waals surface area contributed by atoms with Crippen molar-refractivity contribution >= 4 is 33.3 Å². The van der Waals surface area contributed by atoms with Crippen LogP contribution in [-0.2, 0) is 6.54 Å². The molecule has 0 aliphatic rings. The van der Waals surface area contributed by atoms with Crippen LogP contribution in [-0.4, -0.2) is 15.5 Å². The Morgan fingerprint density at radius 1 is 1.16 bits per heavy atom. The summed E-state index contributed by atoms with van der Waals surface area (Å²) < 4.78 is 3.17. The molecule has 3 aromatic heterocycles. The van der Waals surface area contributed by atoms with Crippen molar-refractivity contribution in [3.63, 3.8) is 0 Å². The van der Waals surface area contributed by atoms with Crippen LogP contribution in [0.3, 0.4) is 0 Å². The maximum absolute atomic E-state index is 12.8. The number of amides is 1. The number of pyridine rings is 1. The van der Waals surface area contributed by atoms with E-state index < -0.39 is 0 Å². The zero-order valence-electron chi connectivity index (χ0n) is 13.8. The molecule has 0 saturated carbocycles. The number of nitrogens with zero attached hydrogens (tertiary/aromatic N) is 2. The fourth-order valence-electron chi connectivity index (χ4n) is 2.89. The zero-order chi connectivity index (χ0) is 17.2. The lowest BCUT2D eigenvalue weighted by Gasteiger charge is -2.11. The predicted octanol–water partition coefficient (Wildman–Crippen LogP) is 4.71. The van der Waals surface area contributed by atoms with Gasteiger partial charge in [0.1, 0.15) is 11.5 Å². The number of thiophene rings is 1. The van der Waals surface area contributed by atoms with Gasteiger partial charge in [-0.2, -0.15) is 0 Å². The van der Waals surface area contributed by atoms with Crippen LogP contribution in [0.2, 0.25) is 0 Å². The first-order chi connectivity index (χ1) is 12.2. The molecule has 0 atom stereocenters. The summed E-state index contributed by atoms with van der Waals surface area (Å²) in [6.07, 6.45) is 1.70. The molecule has 4 aromatic rings. The van der Waals surface area contributed by atoms with Crippen LogP contribution < -0.4 is 5.32 Å². The number of hydrogen-bond donors (Lipinski definition) is 1. The number of carbonyl (C=O) groups excluding carboxylic acids is 1. The van der Waals surface area contributed by atoms with E-state index in [9.17, 15) is 4.79 Å². The molecule has 3 heterocycles. The first kappa shape index (κ1) is 15.6. The summed E-state index contributed by atoms with van der Waals surface area (Å²) in [6, 6.07) is 18.0. The van der Waals surface area contributed by atoms with Gasteiger partial charge in [0, 0.05) is 12.7 Å². The van der Waals surface area contributed by atoms with Crippen LogP contribution in [0.1, 0.15) is 21.6 Å². The number of benzene rings is 1. The minimum Gasteiger partial charge on any atom is -0.331 e. The van der Waals surface area contributed by atoms with E-state index in [-0.39, 0.29) is 5.91 Å². The van der Waals surface area contributed by atoms with Gasteiger partial charge in [0.15, 0.2) is 0 Å². The number of rotatable bonds is 4. The quantitative estimate of drug-likeness (QED) is 0.581. The first-order valence-corrected chi connectivity index (χ1v) is 8.93. The molecule has 4 nitrogen and oxygen atoms in total. The van der Waals surface area contributed by atoms with E-state index in [0.717, 1.165) is 21.3 Å². The van der Waals surface area contributed by atoms with Gasteiger partial charge in [0.05, 0.1) is 10.2 Å². The summed E-state index contributed by atoms with van der Waals surface area (Å²) in [6.45, 7) is 2.64. The van der Waals surface area contributed by atoms with Crippen molar-refractivity contribution in [3.05, 3.63) is 83.0 Å². The second kappa shape index (κ2) is 6.53. The molecule has 5 heteroatoms. The van der Waals surface area contributed by atoms with E-state index in [1.54, 1.807) is 17.5 Å². The minimum atomic E-state index is -0.141. The van der Waals surface area contributed by atoms with Crippen molar-refractivity contribution < 1.29 is 4.79 Å². The number of hydrogen-bond acceptors (Lipinski definition) is 3. The average molecular weight is 347 g/mol. The van der Waals surface area contributed by atoms with E-state index in [4.69, 9.17) is 0 Å². The Labute approximate surface area is 149 Å². The molecule has 0 fully saturated rings. The highest BCUT2D eigenvalue weighted by atomic mass is 32.1. The fraction of sp³-hybridized carbons (Fsp3) is 0.100. The van der Waals surface area contributed by atoms with Crippen LogP contribution in [0, 0.1) is 6.92 Å². The van der Waals surface area contributed by atoms with Crippen LogP contribution >= 0.6 is 11.3 Å². The van der Waals surface area contributed by atoms with Gasteiger partial charge in [0.25, 0.3) is 5.91 Å². The van der Waals surface area contributed by atoms with Gasteiger partial charge < -0.3 is 9.88 Å². The normalized spacial score (nSPS) is 10.9. The Bertz CT molecular complexity index is 1030. The highest BCUT2D eigenvalue weighted by Gasteiger charge is 2.17. The third kappa shape index (κ3) is 3.19. The van der Waals surface area contributed by atoms with Crippen molar-refractivity contribution in [2.24, 2.45) is 0 Å². The summed E-state index contributed by atoms with van der Waals surface area (Å²) in [7, 11) is 0. The van der Waals surface area contributed by atoms with Crippen LogP contribution in [0.25, 0.3) is 10.2 Å². The summed E-state index contributed by atoms with van der Waals surface area (Å²) in [5.74, 6) is 0.429. The Hall–Kier alpha value is -2.92. The molecule has 0 saturated heterocycles. The standard InChI is InChI=1S/C20H17N3OS/c1-14-7-9-21-19(11-14)22-20(24)17-12-18-16(8-10-25-18)23(17)13-15-5-3-2-4-6-15/h2-12H,13H2,1H3,(H,21,22,24). The maximum atomic E-state index is 12.8. The lowest BCUT2D eigenvalue weighted by Crippen LogP contribution is -2.18. The smallest absolute Gasteiger partial charge is 0.273 e. The molecule has 1 N–H and O–H groups in total. The molecule has 0 spiro atoms. The van der Waals surface area contributed by atoms with Crippen molar-refractivity contribution in [2.75, 3.05) is 5.32 Å². The van der Waals surface area contributed by atoms with Crippen molar-refractivity contribution in [2.45, 2.75) is 13.5 Å². The monoisotopic (exact) mass is 347 g/mol. The number of fused-ring (bicyclic) bond motifs is 1. The molecule has 4 rings (SSSR count). The second-order valence-electron chi connectivity index (χ2n) is 5.94. The fourth-order valence-corrected chi connectivity index (χ4v) is 3.71. The summed E-state index contributed by atoms with van der Waals surface area (Å²) in [4.78, 5) is 17.1. The number of aromatic nitrogens is 2. The lowest BCUT2D eigenvalue weighted by atomic mass is 10.2. The Kier molecular flexibility index (Phi) is 4.07. The zero-order valence-corrected chi connectivity index (χ0v) is 14.6. The van der Waals surface area contributed by atoms with Gasteiger partial charge in [-0.3, -0.25) is 4.79 Å². The van der Waals surface area contributed by atoms with Gasteiger partial charge in [-0.25, -0.2) is 4.98 Å². The minimum absolute atomic E-state index is 0.141. The average Bonchev–Trinajstić information content (AvgIpc) is 3.18. The number of anilines is 1. The summed E-state index contributed by atoms with van der Waals surface area (Å²) >= 11 is 1.64. The maximum Gasteiger partial charge on any atom is 0.273 e. The van der Waals surface area contributed by atoms with Gasteiger partial charge >= 0.3 is 0 Å². The highest BCUT2D eigenvalue weighted by molar-refractivity contribution is 7.17. The molecule has 1 amide bonds. The molecule has 0 aliphatic carbocycles. The molecule has 0 radical (unpaired) electrons. The van der Waals surface area contributed by atoms with Crippen LogP contribution in [0.15, 0.2) is 66.2 Å². The van der Waals surface area contributed by atoms with E-state index in [2.05, 4.69) is 38.4 Å². The van der Waals surface area contributed by atoms with Crippen molar-refractivity contribution in [3.8, 4) is 0 Å². The summed E-state index contributed by atoms with van der Waals surface area (Å²) in [5, 5.41) is 4.96. The lowest BCUT2D eigenvalue weighted by molar-refractivity contribution is 0.101. The number of carbonyl (C=O) groups is 1. The molecule has 25 heavy (non-hydrogen) atoms. The number of nitrogens with one attached hydrogen (secondary N) is 1. The molecule has 0 aliphatic heterocycles. The van der Waals surface area contributed by atoms with Crippen molar-refractivity contribution in [1.29, 1.82) is 0 Å². The topological polar surface area (TPSA) is 46.9 Å². The molecule has 124 valence electrons. The Balaban J connectivity index is 1.70. The van der Waals surface area contributed by atoms with Gasteiger partial charge in [0.2, 0.25) is 0 Å². The number of aryl methyl sites for hydroxylation is 1. The van der Waals surface area contributed by atoms with Gasteiger partial charge in [-0.15, -0.1) is 11.3 Å². The van der Waals surface area contributed by atoms with E-state index >= 15 is 0 Å². The first-order valence-electron chi connectivity index (χ1n) is 8.05. The third-order valence-electron chi connectivity index (χ3n) is 4.10. The molecule has 0 bridgehead atoms. The molecular weight excluding hydrogens is 330 g/mol. The van der Waals surface area contributed by atoms with Gasteiger partial charge in [-0.1, -0.05) is 30.3 Å². The van der Waals surface area contributed by atoms with Crippen LogP contribution in [0.5, 0.6) is 0 Å². The predicted molar refractivity (Wildman–Crippen MR) is 102 cm³/mol. The SMILES string of the molecule is Cc1ccnc(NC(=O)c2cc3sccc3n2Cc2ccccc2)c1. The van der Waals surface area contributed by atoms with Gasteiger partial charge in [-0.05, 0) is 47.7 Å². The Morgan fingerprint density at radius 3 is 2.80 bits per heavy atom. The molecule has 0 unspecified atom stereocenters. The largest absolute Gasteiger partial charge is 0.331 e. The summed E-state index contributed by atoms with van der Waals surface area (Å²) in [5.41, 5.74) is 3.95. The highest BCUT2D eigenvalue weighted by Crippen LogP contribution is 2.26. The van der Waals surface area contributed by atoms with Crippen LogP contribution in [0.4, 0.5) is 5.82 Å². The second-order valence-corrected chi connectivity index (χ2v) is 6.89. The van der Waals surface area contributed by atoms with Crippen molar-refractivity contribution in [1.82, 2.24) is 9.55 Å². The van der Waals surface area contributed by atoms with E-state index in [0.29, 0.717) is 18.1 Å².